The van der Waals surface area contributed by atoms with Crippen molar-refractivity contribution >= 4 is 5.82 Å². The number of benzene rings is 1. The molecule has 0 aliphatic carbocycles. The first-order valence-electron chi connectivity index (χ1n) is 5.71. The van der Waals surface area contributed by atoms with Crippen molar-refractivity contribution in [3.63, 3.8) is 0 Å². The summed E-state index contributed by atoms with van der Waals surface area (Å²) < 4.78 is 7.29. The Morgan fingerprint density at radius 1 is 1.35 bits per heavy atom. The Hall–Kier alpha value is -1.97. The van der Waals surface area contributed by atoms with Crippen LogP contribution in [0.1, 0.15) is 11.1 Å². The van der Waals surface area contributed by atoms with Gasteiger partial charge in [0.25, 0.3) is 0 Å². The fourth-order valence-corrected chi connectivity index (χ4v) is 2.27. The van der Waals surface area contributed by atoms with Crippen molar-refractivity contribution in [1.29, 1.82) is 0 Å². The van der Waals surface area contributed by atoms with E-state index in [4.69, 9.17) is 10.5 Å². The van der Waals surface area contributed by atoms with Crippen LogP contribution >= 0.6 is 0 Å². The van der Waals surface area contributed by atoms with Crippen LogP contribution in [0.15, 0.2) is 18.2 Å². The molecule has 1 aromatic heterocycles. The Morgan fingerprint density at radius 3 is 2.88 bits per heavy atom. The van der Waals surface area contributed by atoms with E-state index in [9.17, 15) is 0 Å². The zero-order valence-corrected chi connectivity index (χ0v) is 10.0. The lowest BCUT2D eigenvalue weighted by molar-refractivity contribution is 0.354. The van der Waals surface area contributed by atoms with E-state index in [1.807, 2.05) is 13.1 Å². The van der Waals surface area contributed by atoms with Gasteiger partial charge in [0.2, 0.25) is 0 Å². The minimum atomic E-state index is 0.675. The number of nitrogen functional groups attached to an aromatic ring is 1. The Bertz CT molecular complexity index is 567. The van der Waals surface area contributed by atoms with Gasteiger partial charge in [0, 0.05) is 25.1 Å². The number of nitrogens with zero attached hydrogens (tertiary/aromatic N) is 2. The number of aryl methyl sites for hydroxylation is 2. The SMILES string of the molecule is Cc1cc(-c2cc(N)n(C)n2)cc2c1OCC2. The molecule has 0 saturated carbocycles. The van der Waals surface area contributed by atoms with Crippen LogP contribution in [0.25, 0.3) is 11.3 Å². The van der Waals surface area contributed by atoms with Gasteiger partial charge in [-0.2, -0.15) is 5.10 Å². The van der Waals surface area contributed by atoms with Crippen LogP contribution in [-0.4, -0.2) is 16.4 Å². The van der Waals surface area contributed by atoms with Crippen molar-refractivity contribution in [3.05, 3.63) is 29.3 Å². The molecular weight excluding hydrogens is 214 g/mol. The molecule has 2 heterocycles. The van der Waals surface area contributed by atoms with E-state index in [-0.39, 0.29) is 0 Å². The molecule has 88 valence electrons. The molecule has 0 atom stereocenters. The van der Waals surface area contributed by atoms with Gasteiger partial charge in [-0.05, 0) is 30.2 Å². The van der Waals surface area contributed by atoms with Crippen molar-refractivity contribution in [1.82, 2.24) is 9.78 Å². The summed E-state index contributed by atoms with van der Waals surface area (Å²) in [4.78, 5) is 0. The number of aromatic nitrogens is 2. The monoisotopic (exact) mass is 229 g/mol. The first-order chi connectivity index (χ1) is 8.15. The molecule has 2 aromatic rings. The highest BCUT2D eigenvalue weighted by molar-refractivity contribution is 5.67. The van der Waals surface area contributed by atoms with Gasteiger partial charge in [-0.15, -0.1) is 0 Å². The van der Waals surface area contributed by atoms with Crippen LogP contribution in [0.2, 0.25) is 0 Å². The highest BCUT2D eigenvalue weighted by Crippen LogP contribution is 2.34. The molecule has 4 nitrogen and oxygen atoms in total. The Balaban J connectivity index is 2.13. The number of rotatable bonds is 1. The minimum absolute atomic E-state index is 0.675. The molecule has 0 unspecified atom stereocenters. The molecule has 17 heavy (non-hydrogen) atoms. The van der Waals surface area contributed by atoms with E-state index in [0.29, 0.717) is 5.82 Å². The van der Waals surface area contributed by atoms with Gasteiger partial charge in [-0.3, -0.25) is 4.68 Å². The molecule has 3 rings (SSSR count). The van der Waals surface area contributed by atoms with E-state index < -0.39 is 0 Å². The molecule has 0 saturated heterocycles. The number of ether oxygens (including phenoxy) is 1. The maximum Gasteiger partial charge on any atom is 0.125 e. The van der Waals surface area contributed by atoms with Crippen molar-refractivity contribution in [2.75, 3.05) is 12.3 Å². The van der Waals surface area contributed by atoms with Gasteiger partial charge >= 0.3 is 0 Å². The topological polar surface area (TPSA) is 53.1 Å². The van der Waals surface area contributed by atoms with Crippen LogP contribution < -0.4 is 10.5 Å². The molecule has 2 N–H and O–H groups in total. The molecule has 0 bridgehead atoms. The summed E-state index contributed by atoms with van der Waals surface area (Å²) in [6.07, 6.45) is 0.979. The van der Waals surface area contributed by atoms with Crippen LogP contribution in [0.5, 0.6) is 5.75 Å². The fourth-order valence-electron chi connectivity index (χ4n) is 2.27. The maximum absolute atomic E-state index is 5.80. The van der Waals surface area contributed by atoms with Gasteiger partial charge in [0.15, 0.2) is 0 Å². The average Bonchev–Trinajstić information content (AvgIpc) is 2.87. The Morgan fingerprint density at radius 2 is 2.18 bits per heavy atom. The number of fused-ring (bicyclic) bond motifs is 1. The summed E-state index contributed by atoms with van der Waals surface area (Å²) in [5, 5.41) is 4.40. The molecule has 0 radical (unpaired) electrons. The molecule has 1 aliphatic rings. The van der Waals surface area contributed by atoms with Crippen molar-refractivity contribution in [2.45, 2.75) is 13.3 Å². The largest absolute Gasteiger partial charge is 0.493 e. The van der Waals surface area contributed by atoms with Crippen LogP contribution in [-0.2, 0) is 13.5 Å². The number of anilines is 1. The molecule has 0 amide bonds. The fraction of sp³-hybridized carbons (Fsp3) is 0.308. The van der Waals surface area contributed by atoms with Gasteiger partial charge in [-0.25, -0.2) is 0 Å². The summed E-state index contributed by atoms with van der Waals surface area (Å²) in [7, 11) is 1.85. The molecule has 1 aromatic carbocycles. The van der Waals surface area contributed by atoms with Crippen molar-refractivity contribution in [2.24, 2.45) is 7.05 Å². The summed E-state index contributed by atoms with van der Waals surface area (Å²) >= 11 is 0. The van der Waals surface area contributed by atoms with Crippen LogP contribution in [0.3, 0.4) is 0 Å². The quantitative estimate of drug-likeness (QED) is 0.812. The predicted molar refractivity (Wildman–Crippen MR) is 67.0 cm³/mol. The highest BCUT2D eigenvalue weighted by atomic mass is 16.5. The highest BCUT2D eigenvalue weighted by Gasteiger charge is 2.17. The van der Waals surface area contributed by atoms with Crippen molar-refractivity contribution in [3.8, 4) is 17.0 Å². The third-order valence-corrected chi connectivity index (χ3v) is 3.18. The van der Waals surface area contributed by atoms with Gasteiger partial charge in [0.05, 0.1) is 12.3 Å². The summed E-state index contributed by atoms with van der Waals surface area (Å²) in [5.74, 6) is 1.71. The Labute approximate surface area is 100 Å². The maximum atomic E-state index is 5.80. The lowest BCUT2D eigenvalue weighted by atomic mass is 10.0. The second kappa shape index (κ2) is 3.52. The first-order valence-corrected chi connectivity index (χ1v) is 5.71. The Kier molecular flexibility index (Phi) is 2.11. The van der Waals surface area contributed by atoms with Gasteiger partial charge in [0.1, 0.15) is 11.6 Å². The second-order valence-electron chi connectivity index (χ2n) is 4.46. The average molecular weight is 229 g/mol. The predicted octanol–water partition coefficient (Wildman–Crippen LogP) is 1.91. The van der Waals surface area contributed by atoms with E-state index in [0.717, 1.165) is 30.0 Å². The van der Waals surface area contributed by atoms with Crippen LogP contribution in [0.4, 0.5) is 5.82 Å². The number of nitrogens with two attached hydrogens (primary N) is 1. The van der Waals surface area contributed by atoms with Gasteiger partial charge in [-0.1, -0.05) is 0 Å². The van der Waals surface area contributed by atoms with Crippen molar-refractivity contribution < 1.29 is 4.74 Å². The summed E-state index contributed by atoms with van der Waals surface area (Å²) in [5.41, 5.74) is 10.3. The zero-order chi connectivity index (χ0) is 12.0. The lowest BCUT2D eigenvalue weighted by Crippen LogP contribution is -1.96. The molecule has 0 spiro atoms. The van der Waals surface area contributed by atoms with E-state index in [1.165, 1.54) is 11.1 Å². The van der Waals surface area contributed by atoms with E-state index in [1.54, 1.807) is 4.68 Å². The van der Waals surface area contributed by atoms with E-state index >= 15 is 0 Å². The summed E-state index contributed by atoms with van der Waals surface area (Å²) in [6.45, 7) is 2.85. The van der Waals surface area contributed by atoms with Gasteiger partial charge < -0.3 is 10.5 Å². The third-order valence-electron chi connectivity index (χ3n) is 3.18. The molecular formula is C13H15N3O. The zero-order valence-electron chi connectivity index (χ0n) is 10.0. The summed E-state index contributed by atoms with van der Waals surface area (Å²) in [6, 6.07) is 6.15. The number of hydrogen-bond acceptors (Lipinski definition) is 3. The normalized spacial score (nSPS) is 13.5. The smallest absolute Gasteiger partial charge is 0.125 e. The molecule has 0 fully saturated rings. The lowest BCUT2D eigenvalue weighted by Gasteiger charge is -2.06. The van der Waals surface area contributed by atoms with E-state index in [2.05, 4.69) is 24.2 Å². The van der Waals surface area contributed by atoms with Crippen LogP contribution in [0, 0.1) is 6.92 Å². The minimum Gasteiger partial charge on any atom is -0.493 e. The number of hydrogen-bond donors (Lipinski definition) is 1. The standard InChI is InChI=1S/C13H15N3O/c1-8-5-10(6-9-3-4-17-13(8)9)11-7-12(14)16(2)15-11/h5-7H,3-4,14H2,1-2H3. The third kappa shape index (κ3) is 1.56. The molecule has 4 heteroatoms. The molecule has 1 aliphatic heterocycles. The second-order valence-corrected chi connectivity index (χ2v) is 4.46. The first kappa shape index (κ1) is 10.2.